The predicted octanol–water partition coefficient (Wildman–Crippen LogP) is 0.144. The van der Waals surface area contributed by atoms with Crippen LogP contribution in [0.15, 0.2) is 18.2 Å². The fourth-order valence-corrected chi connectivity index (χ4v) is 1.83. The Balaban J connectivity index is 2.28. The third kappa shape index (κ3) is 2.43. The van der Waals surface area contributed by atoms with Gasteiger partial charge < -0.3 is 10.0 Å². The van der Waals surface area contributed by atoms with Gasteiger partial charge in [0.1, 0.15) is 18.8 Å². The van der Waals surface area contributed by atoms with E-state index in [1.54, 1.807) is 0 Å². The fourth-order valence-electron chi connectivity index (χ4n) is 1.63. The van der Waals surface area contributed by atoms with Crippen LogP contribution in [0.25, 0.3) is 0 Å². The van der Waals surface area contributed by atoms with Gasteiger partial charge in [-0.15, -0.1) is 0 Å². The third-order valence-electron chi connectivity index (χ3n) is 2.42. The smallest absolute Gasteiger partial charge is 0.256 e. The second-order valence-corrected chi connectivity index (χ2v) is 4.20. The predicted molar refractivity (Wildman–Crippen MR) is 62.2 cm³/mol. The molecule has 7 heteroatoms. The number of carbonyl (C=O) groups excluding carboxylic acids is 3. The lowest BCUT2D eigenvalue weighted by atomic mass is 10.1. The Labute approximate surface area is 107 Å². The lowest BCUT2D eigenvalue weighted by molar-refractivity contribution is -0.135. The fraction of sp³-hybridized carbons (Fsp3) is 0.182. The van der Waals surface area contributed by atoms with Crippen molar-refractivity contribution in [3.63, 3.8) is 0 Å². The van der Waals surface area contributed by atoms with Crippen LogP contribution in [0.1, 0.15) is 10.4 Å². The topological polar surface area (TPSA) is 86.7 Å². The molecule has 1 aliphatic rings. The number of rotatable bonds is 1. The quantitative estimate of drug-likeness (QED) is 0.710. The number of halogens is 1. The van der Waals surface area contributed by atoms with Gasteiger partial charge >= 0.3 is 0 Å². The molecule has 1 aliphatic heterocycles. The van der Waals surface area contributed by atoms with Crippen molar-refractivity contribution >= 4 is 29.3 Å². The van der Waals surface area contributed by atoms with Crippen molar-refractivity contribution in [2.24, 2.45) is 0 Å². The number of benzene rings is 1. The minimum atomic E-state index is -0.570. The van der Waals surface area contributed by atoms with E-state index >= 15 is 0 Å². The molecule has 0 aromatic heterocycles. The average Bonchev–Trinajstić information content (AvgIpc) is 2.30. The summed E-state index contributed by atoms with van der Waals surface area (Å²) in [4.78, 5) is 35.5. The normalized spacial score (nSPS) is 15.5. The molecule has 1 saturated heterocycles. The molecule has 0 saturated carbocycles. The molecule has 2 N–H and O–H groups in total. The average molecular weight is 269 g/mol. The van der Waals surface area contributed by atoms with Gasteiger partial charge in [0.15, 0.2) is 0 Å². The molecular formula is C11H9ClN2O4. The van der Waals surface area contributed by atoms with E-state index in [1.807, 2.05) is 0 Å². The minimum Gasteiger partial charge on any atom is -0.508 e. The summed E-state index contributed by atoms with van der Waals surface area (Å²) in [6.07, 6.45) is 0. The van der Waals surface area contributed by atoms with Crippen LogP contribution in [0.5, 0.6) is 5.75 Å². The number of imide groups is 1. The van der Waals surface area contributed by atoms with Crippen LogP contribution in [0.2, 0.25) is 5.02 Å². The third-order valence-corrected chi connectivity index (χ3v) is 2.74. The van der Waals surface area contributed by atoms with Crippen LogP contribution in [-0.4, -0.2) is 40.8 Å². The summed E-state index contributed by atoms with van der Waals surface area (Å²) in [5.74, 6) is -1.78. The summed E-state index contributed by atoms with van der Waals surface area (Å²) in [7, 11) is 0. The van der Waals surface area contributed by atoms with E-state index in [0.717, 1.165) is 4.90 Å². The Morgan fingerprint density at radius 2 is 1.89 bits per heavy atom. The number of aromatic hydroxyl groups is 1. The molecule has 0 bridgehead atoms. The molecule has 2 rings (SSSR count). The molecule has 1 heterocycles. The first kappa shape index (κ1) is 12.4. The minimum absolute atomic E-state index is 0.0548. The van der Waals surface area contributed by atoms with Crippen molar-refractivity contribution in [2.45, 2.75) is 0 Å². The second-order valence-electron chi connectivity index (χ2n) is 3.80. The number of phenols is 1. The van der Waals surface area contributed by atoms with Crippen molar-refractivity contribution < 1.29 is 19.5 Å². The van der Waals surface area contributed by atoms with Crippen LogP contribution in [-0.2, 0) is 9.59 Å². The summed E-state index contributed by atoms with van der Waals surface area (Å²) in [5, 5.41) is 11.5. The SMILES string of the molecule is O=C1CN(C(=O)c2cc(O)ccc2Cl)CC(=O)N1. The molecule has 1 fully saturated rings. The van der Waals surface area contributed by atoms with Gasteiger partial charge in [-0.05, 0) is 18.2 Å². The van der Waals surface area contributed by atoms with Gasteiger partial charge in [0.2, 0.25) is 11.8 Å². The van der Waals surface area contributed by atoms with E-state index < -0.39 is 17.7 Å². The van der Waals surface area contributed by atoms with Gasteiger partial charge in [-0.25, -0.2) is 0 Å². The largest absolute Gasteiger partial charge is 0.508 e. The zero-order valence-electron chi connectivity index (χ0n) is 9.14. The van der Waals surface area contributed by atoms with Crippen LogP contribution < -0.4 is 5.32 Å². The monoisotopic (exact) mass is 268 g/mol. The van der Waals surface area contributed by atoms with E-state index in [0.29, 0.717) is 0 Å². The Morgan fingerprint density at radius 1 is 1.28 bits per heavy atom. The van der Waals surface area contributed by atoms with Crippen LogP contribution in [0, 0.1) is 0 Å². The molecule has 94 valence electrons. The lowest BCUT2D eigenvalue weighted by Crippen LogP contribution is -2.53. The summed E-state index contributed by atoms with van der Waals surface area (Å²) < 4.78 is 0. The summed E-state index contributed by atoms with van der Waals surface area (Å²) >= 11 is 5.84. The Morgan fingerprint density at radius 3 is 2.50 bits per heavy atom. The lowest BCUT2D eigenvalue weighted by Gasteiger charge is -2.25. The first-order valence-electron chi connectivity index (χ1n) is 5.08. The Kier molecular flexibility index (Phi) is 3.20. The zero-order chi connectivity index (χ0) is 13.3. The summed E-state index contributed by atoms with van der Waals surface area (Å²) in [5.41, 5.74) is 0.0548. The molecule has 0 unspecified atom stereocenters. The molecule has 18 heavy (non-hydrogen) atoms. The second kappa shape index (κ2) is 4.66. The first-order valence-corrected chi connectivity index (χ1v) is 5.45. The van der Waals surface area contributed by atoms with E-state index in [2.05, 4.69) is 5.32 Å². The standard InChI is InChI=1S/C11H9ClN2O4/c12-8-2-1-6(15)3-7(8)11(18)14-4-9(16)13-10(17)5-14/h1-3,15H,4-5H2,(H,13,16,17). The number of piperazine rings is 1. The van der Waals surface area contributed by atoms with Crippen molar-refractivity contribution in [1.29, 1.82) is 0 Å². The van der Waals surface area contributed by atoms with Gasteiger partial charge in [-0.2, -0.15) is 0 Å². The Hall–Kier alpha value is -2.08. The van der Waals surface area contributed by atoms with Gasteiger partial charge in [0.05, 0.1) is 10.6 Å². The van der Waals surface area contributed by atoms with Crippen molar-refractivity contribution in [2.75, 3.05) is 13.1 Å². The summed E-state index contributed by atoms with van der Waals surface area (Å²) in [6, 6.07) is 3.91. The van der Waals surface area contributed by atoms with E-state index in [9.17, 15) is 19.5 Å². The maximum atomic E-state index is 12.1. The zero-order valence-corrected chi connectivity index (χ0v) is 9.90. The van der Waals surface area contributed by atoms with Crippen molar-refractivity contribution in [1.82, 2.24) is 10.2 Å². The van der Waals surface area contributed by atoms with Crippen LogP contribution >= 0.6 is 11.6 Å². The molecule has 0 radical (unpaired) electrons. The number of carbonyl (C=O) groups is 3. The van der Waals surface area contributed by atoms with Crippen molar-refractivity contribution in [3.05, 3.63) is 28.8 Å². The number of hydrogen-bond donors (Lipinski definition) is 2. The summed E-state index contributed by atoms with van der Waals surface area (Å²) in [6.45, 7) is -0.423. The molecule has 6 nitrogen and oxygen atoms in total. The maximum absolute atomic E-state index is 12.1. The van der Waals surface area contributed by atoms with Gasteiger partial charge in [-0.3, -0.25) is 19.7 Å². The molecule has 3 amide bonds. The highest BCUT2D eigenvalue weighted by Crippen LogP contribution is 2.22. The molecule has 1 aromatic rings. The highest BCUT2D eigenvalue weighted by Gasteiger charge is 2.28. The van der Waals surface area contributed by atoms with E-state index in [-0.39, 0.29) is 29.4 Å². The highest BCUT2D eigenvalue weighted by molar-refractivity contribution is 6.34. The molecule has 1 aromatic carbocycles. The highest BCUT2D eigenvalue weighted by atomic mass is 35.5. The Bertz CT molecular complexity index is 528. The molecule has 0 atom stereocenters. The first-order chi connectivity index (χ1) is 8.47. The number of nitrogens with zero attached hydrogens (tertiary/aromatic N) is 1. The number of hydrogen-bond acceptors (Lipinski definition) is 4. The van der Waals surface area contributed by atoms with Gasteiger partial charge in [0.25, 0.3) is 5.91 Å². The van der Waals surface area contributed by atoms with Crippen molar-refractivity contribution in [3.8, 4) is 5.75 Å². The molecule has 0 spiro atoms. The van der Waals surface area contributed by atoms with Gasteiger partial charge in [0, 0.05) is 0 Å². The van der Waals surface area contributed by atoms with Gasteiger partial charge in [-0.1, -0.05) is 11.6 Å². The molecule has 0 aliphatic carbocycles. The maximum Gasteiger partial charge on any atom is 0.256 e. The molecular weight excluding hydrogens is 260 g/mol. The van der Waals surface area contributed by atoms with E-state index in [4.69, 9.17) is 11.6 Å². The van der Waals surface area contributed by atoms with E-state index in [1.165, 1.54) is 18.2 Å². The van der Waals surface area contributed by atoms with Crippen LogP contribution in [0.4, 0.5) is 0 Å². The van der Waals surface area contributed by atoms with Crippen LogP contribution in [0.3, 0.4) is 0 Å². The number of phenolic OH excluding ortho intramolecular Hbond substituents is 1. The number of amides is 3. The number of nitrogens with one attached hydrogen (secondary N) is 1.